The quantitative estimate of drug-likeness (QED) is 0.619. The summed E-state index contributed by atoms with van der Waals surface area (Å²) in [5, 5.41) is 14.0. The first-order chi connectivity index (χ1) is 17.9. The van der Waals surface area contributed by atoms with Gasteiger partial charge in [-0.25, -0.2) is 0 Å². The minimum atomic E-state index is -0.380. The van der Waals surface area contributed by atoms with E-state index in [9.17, 15) is 5.11 Å². The van der Waals surface area contributed by atoms with Crippen LogP contribution in [0.25, 0.3) is 10.8 Å². The number of hydrogen-bond donors (Lipinski definition) is 2. The zero-order chi connectivity index (χ0) is 24.7. The molecule has 5 fully saturated rings. The molecule has 2 aromatic rings. The zero-order valence-corrected chi connectivity index (χ0v) is 21.3. The minimum Gasteiger partial charge on any atom is -0.392 e. The standard InChI is InChI=1S/C31H35N3O3/c1-29-6-4-20-11-22-27-28(36-27)23(34-15-21(32)16-34)13-30(22)7-8-31(20,37-30)25(29)12-24(35)26(29)18-3-2-17-5-9-33-14-19(17)10-18/h2-5,9-11,14,21,23-28,35H,6-8,12-13,15-16,32H2,1H3/t23-,24+,25+,26-,27+,28?,29-,30+,31?/m0/s1. The van der Waals surface area contributed by atoms with Gasteiger partial charge in [0.2, 0.25) is 0 Å². The summed E-state index contributed by atoms with van der Waals surface area (Å²) < 4.78 is 13.7. The molecule has 1 aromatic heterocycles. The highest BCUT2D eigenvalue weighted by Gasteiger charge is 2.72. The summed E-state index contributed by atoms with van der Waals surface area (Å²) in [5.41, 5.74) is 9.52. The van der Waals surface area contributed by atoms with Crippen LogP contribution in [-0.4, -0.2) is 69.7 Å². The largest absolute Gasteiger partial charge is 0.392 e. The Kier molecular flexibility index (Phi) is 4.07. The molecule has 37 heavy (non-hydrogen) atoms. The number of aromatic nitrogens is 1. The van der Waals surface area contributed by atoms with Crippen LogP contribution in [0.1, 0.15) is 50.5 Å². The smallest absolute Gasteiger partial charge is 0.110 e. The molecule has 0 amide bonds. The summed E-state index contributed by atoms with van der Waals surface area (Å²) in [5.74, 6) is 0.369. The highest BCUT2D eigenvalue weighted by Crippen LogP contribution is 2.70. The summed E-state index contributed by atoms with van der Waals surface area (Å²) in [6, 6.07) is 9.43. The Balaban J connectivity index is 1.11. The molecular formula is C31H35N3O3. The third-order valence-electron chi connectivity index (χ3n) is 11.5. The van der Waals surface area contributed by atoms with Crippen LogP contribution in [0.4, 0.5) is 0 Å². The molecule has 3 N–H and O–H groups in total. The monoisotopic (exact) mass is 497 g/mol. The molecule has 0 radical (unpaired) electrons. The number of rotatable bonds is 2. The second kappa shape index (κ2) is 6.91. The van der Waals surface area contributed by atoms with E-state index < -0.39 is 0 Å². The highest BCUT2D eigenvalue weighted by molar-refractivity contribution is 5.82. The molecule has 6 heteroatoms. The number of fused-ring (bicyclic) bond motifs is 4. The Hall–Kier alpha value is -2.09. The second-order valence-electron chi connectivity index (χ2n) is 13.3. The number of nitrogens with zero attached hydrogens (tertiary/aromatic N) is 2. The van der Waals surface area contributed by atoms with Crippen molar-refractivity contribution in [3.05, 3.63) is 65.5 Å². The van der Waals surface area contributed by atoms with Gasteiger partial charge in [0.05, 0.1) is 17.3 Å². The topological polar surface area (TPSA) is 84.1 Å². The predicted octanol–water partition coefficient (Wildman–Crippen LogP) is 3.45. The van der Waals surface area contributed by atoms with Gasteiger partial charge in [0, 0.05) is 54.8 Å². The Labute approximate surface area is 217 Å². The number of aliphatic hydroxyl groups excluding tert-OH is 1. The zero-order valence-electron chi connectivity index (χ0n) is 21.3. The maximum Gasteiger partial charge on any atom is 0.110 e. The van der Waals surface area contributed by atoms with Gasteiger partial charge in [-0.2, -0.15) is 0 Å². The van der Waals surface area contributed by atoms with Crippen molar-refractivity contribution in [2.75, 3.05) is 13.1 Å². The fourth-order valence-corrected chi connectivity index (χ4v) is 9.75. The molecule has 2 saturated carbocycles. The van der Waals surface area contributed by atoms with E-state index in [1.165, 1.54) is 22.1 Å². The number of hydrogen-bond acceptors (Lipinski definition) is 6. The fourth-order valence-electron chi connectivity index (χ4n) is 9.75. The van der Waals surface area contributed by atoms with Crippen molar-refractivity contribution >= 4 is 10.8 Å². The number of nitrogens with two attached hydrogens (primary N) is 1. The lowest BCUT2D eigenvalue weighted by atomic mass is 9.58. The van der Waals surface area contributed by atoms with Crippen LogP contribution in [-0.2, 0) is 9.47 Å². The number of pyridine rings is 1. The van der Waals surface area contributed by atoms with E-state index >= 15 is 0 Å². The van der Waals surface area contributed by atoms with Crippen molar-refractivity contribution in [3.63, 3.8) is 0 Å². The van der Waals surface area contributed by atoms with Gasteiger partial charge in [0.1, 0.15) is 12.2 Å². The van der Waals surface area contributed by atoms with E-state index in [1.54, 1.807) is 0 Å². The van der Waals surface area contributed by atoms with E-state index in [2.05, 4.69) is 53.2 Å². The van der Waals surface area contributed by atoms with E-state index in [4.69, 9.17) is 15.2 Å². The Morgan fingerprint density at radius 2 is 2.05 bits per heavy atom. The van der Waals surface area contributed by atoms with Gasteiger partial charge >= 0.3 is 0 Å². The number of aliphatic hydroxyl groups is 1. The van der Waals surface area contributed by atoms with Crippen molar-refractivity contribution in [2.24, 2.45) is 17.1 Å². The molecule has 2 bridgehead atoms. The molecule has 4 aliphatic heterocycles. The van der Waals surface area contributed by atoms with Crippen LogP contribution in [0, 0.1) is 11.3 Å². The molecule has 5 heterocycles. The van der Waals surface area contributed by atoms with Gasteiger partial charge in [-0.1, -0.05) is 31.2 Å². The first-order valence-electron chi connectivity index (χ1n) is 14.2. The maximum absolute atomic E-state index is 11.6. The van der Waals surface area contributed by atoms with E-state index in [1.807, 2.05) is 12.4 Å². The van der Waals surface area contributed by atoms with E-state index in [0.29, 0.717) is 18.2 Å². The Bertz CT molecular complexity index is 1400. The molecule has 192 valence electrons. The molecule has 1 aromatic carbocycles. The molecule has 9 rings (SSSR count). The number of epoxide rings is 1. The van der Waals surface area contributed by atoms with Crippen LogP contribution >= 0.6 is 0 Å². The van der Waals surface area contributed by atoms with Crippen molar-refractivity contribution in [3.8, 4) is 0 Å². The average molecular weight is 498 g/mol. The minimum absolute atomic E-state index is 0.0629. The summed E-state index contributed by atoms with van der Waals surface area (Å²) in [6.45, 7) is 4.35. The van der Waals surface area contributed by atoms with Crippen molar-refractivity contribution in [2.45, 2.75) is 86.5 Å². The summed E-state index contributed by atoms with van der Waals surface area (Å²) in [7, 11) is 0. The molecule has 9 atom stereocenters. The molecular weight excluding hydrogens is 462 g/mol. The van der Waals surface area contributed by atoms with Gasteiger partial charge in [-0.05, 0) is 71.7 Å². The molecule has 7 aliphatic rings. The third-order valence-corrected chi connectivity index (χ3v) is 11.5. The van der Waals surface area contributed by atoms with Gasteiger partial charge in [-0.15, -0.1) is 0 Å². The lowest BCUT2D eigenvalue weighted by molar-refractivity contribution is -0.140. The maximum atomic E-state index is 11.6. The normalized spacial score (nSPS) is 47.9. The molecule has 6 nitrogen and oxygen atoms in total. The summed E-state index contributed by atoms with van der Waals surface area (Å²) in [4.78, 5) is 6.87. The summed E-state index contributed by atoms with van der Waals surface area (Å²) >= 11 is 0. The van der Waals surface area contributed by atoms with Crippen LogP contribution < -0.4 is 5.73 Å². The van der Waals surface area contributed by atoms with Crippen molar-refractivity contribution in [1.29, 1.82) is 0 Å². The average Bonchev–Trinajstić information content (AvgIpc) is 3.54. The van der Waals surface area contributed by atoms with E-state index in [0.717, 1.165) is 50.6 Å². The summed E-state index contributed by atoms with van der Waals surface area (Å²) in [6.07, 6.45) is 13.7. The predicted molar refractivity (Wildman–Crippen MR) is 140 cm³/mol. The molecule has 3 saturated heterocycles. The fraction of sp³-hybridized carbons (Fsp3) is 0.581. The second-order valence-corrected chi connectivity index (χ2v) is 13.3. The lowest BCUT2D eigenvalue weighted by Crippen LogP contribution is -2.64. The Morgan fingerprint density at radius 1 is 1.16 bits per heavy atom. The van der Waals surface area contributed by atoms with Crippen LogP contribution in [0.2, 0.25) is 0 Å². The third kappa shape index (κ3) is 2.66. The number of ether oxygens (including phenoxy) is 2. The van der Waals surface area contributed by atoms with Gasteiger partial charge in [0.15, 0.2) is 0 Å². The first kappa shape index (κ1) is 21.8. The van der Waals surface area contributed by atoms with Gasteiger partial charge in [0.25, 0.3) is 0 Å². The Morgan fingerprint density at radius 3 is 2.92 bits per heavy atom. The lowest BCUT2D eigenvalue weighted by Gasteiger charge is -2.54. The van der Waals surface area contributed by atoms with Gasteiger partial charge < -0.3 is 20.3 Å². The van der Waals surface area contributed by atoms with E-state index in [-0.39, 0.29) is 40.7 Å². The molecule has 2 spiro atoms. The van der Waals surface area contributed by atoms with Crippen LogP contribution in [0.5, 0.6) is 0 Å². The number of likely N-dealkylation sites (tertiary alicyclic amines) is 1. The molecule has 2 unspecified atom stereocenters. The SMILES string of the molecule is C[C@]12CC=C3C=C4[C@H]5OC5[C@@H](N5CC(N)C5)C[C@]45CCC3(O5)[C@@H]1C[C@@H](O)[C@@H]2c1ccc2ccncc2c1. The van der Waals surface area contributed by atoms with Crippen molar-refractivity contribution in [1.82, 2.24) is 9.88 Å². The van der Waals surface area contributed by atoms with Crippen LogP contribution in [0.15, 0.2) is 60.0 Å². The number of allylic oxidation sites excluding steroid dienone is 1. The van der Waals surface area contributed by atoms with Gasteiger partial charge in [-0.3, -0.25) is 9.88 Å². The van der Waals surface area contributed by atoms with Crippen molar-refractivity contribution < 1.29 is 14.6 Å². The highest BCUT2D eigenvalue weighted by atomic mass is 16.6. The van der Waals surface area contributed by atoms with Crippen LogP contribution in [0.3, 0.4) is 0 Å². The first-order valence-corrected chi connectivity index (χ1v) is 14.2. The molecule has 3 aliphatic carbocycles. The number of benzene rings is 1.